The largest absolute Gasteiger partial charge is 0.497 e. The molecule has 8 heteroatoms. The summed E-state index contributed by atoms with van der Waals surface area (Å²) in [7, 11) is 1.66. The molecule has 1 amide bonds. The Kier molecular flexibility index (Phi) is 7.29. The molecule has 0 saturated carbocycles. The Morgan fingerprint density at radius 1 is 1.23 bits per heavy atom. The van der Waals surface area contributed by atoms with Gasteiger partial charge in [-0.1, -0.05) is 11.3 Å². The average Bonchev–Trinajstić information content (AvgIpc) is 3.18. The molecular formula is C23H25FN2O3S2. The van der Waals surface area contributed by atoms with Gasteiger partial charge < -0.3 is 14.4 Å². The number of piperidine rings is 1. The molecule has 1 aromatic heterocycles. The second-order valence-electron chi connectivity index (χ2n) is 7.42. The predicted molar refractivity (Wildman–Crippen MR) is 123 cm³/mol. The fourth-order valence-electron chi connectivity index (χ4n) is 3.54. The van der Waals surface area contributed by atoms with Crippen molar-refractivity contribution in [3.63, 3.8) is 0 Å². The summed E-state index contributed by atoms with van der Waals surface area (Å²) in [4.78, 5) is 20.1. The number of methoxy groups -OCH3 is 1. The summed E-state index contributed by atoms with van der Waals surface area (Å²) in [5, 5.41) is 0.570. The van der Waals surface area contributed by atoms with E-state index < -0.39 is 0 Å². The van der Waals surface area contributed by atoms with Gasteiger partial charge in [-0.25, -0.2) is 9.37 Å². The molecule has 0 spiro atoms. The lowest BCUT2D eigenvalue weighted by Gasteiger charge is -2.31. The summed E-state index contributed by atoms with van der Waals surface area (Å²) in [5.74, 6) is 1.71. The Balaban J connectivity index is 1.17. The van der Waals surface area contributed by atoms with Crippen LogP contribution in [0.3, 0.4) is 0 Å². The number of halogens is 1. The number of nitrogens with zero attached hydrogens (tertiary/aromatic N) is 2. The second kappa shape index (κ2) is 10.3. The van der Waals surface area contributed by atoms with Crippen LogP contribution in [0, 0.1) is 5.82 Å². The normalized spacial score (nSPS) is 14.7. The van der Waals surface area contributed by atoms with Crippen molar-refractivity contribution in [1.82, 2.24) is 9.88 Å². The van der Waals surface area contributed by atoms with Crippen LogP contribution >= 0.6 is 23.1 Å². The summed E-state index contributed by atoms with van der Waals surface area (Å²) < 4.78 is 25.3. The molecule has 5 nitrogen and oxygen atoms in total. The molecule has 164 valence electrons. The zero-order chi connectivity index (χ0) is 21.6. The summed E-state index contributed by atoms with van der Waals surface area (Å²) in [6, 6.07) is 12.5. The van der Waals surface area contributed by atoms with Crippen LogP contribution in [0.1, 0.15) is 25.7 Å². The number of ether oxygens (including phenoxy) is 2. The van der Waals surface area contributed by atoms with Crippen molar-refractivity contribution < 1.29 is 18.7 Å². The van der Waals surface area contributed by atoms with Gasteiger partial charge in [-0.15, -0.1) is 11.8 Å². The number of amides is 1. The molecule has 3 aromatic rings. The molecule has 2 aromatic carbocycles. The van der Waals surface area contributed by atoms with Crippen LogP contribution in [0.4, 0.5) is 4.39 Å². The molecule has 2 heterocycles. The third-order valence-corrected chi connectivity index (χ3v) is 7.26. The monoisotopic (exact) mass is 460 g/mol. The summed E-state index contributed by atoms with van der Waals surface area (Å²) in [6.45, 7) is 1.41. The summed E-state index contributed by atoms with van der Waals surface area (Å²) in [5.41, 5.74) is 0.751. The highest BCUT2D eigenvalue weighted by Crippen LogP contribution is 2.30. The zero-order valence-electron chi connectivity index (χ0n) is 17.4. The van der Waals surface area contributed by atoms with E-state index in [9.17, 15) is 9.18 Å². The van der Waals surface area contributed by atoms with E-state index in [4.69, 9.17) is 9.47 Å². The van der Waals surface area contributed by atoms with Crippen molar-refractivity contribution in [2.45, 2.75) is 36.7 Å². The number of aromatic nitrogens is 1. The van der Waals surface area contributed by atoms with Gasteiger partial charge in [-0.3, -0.25) is 4.79 Å². The number of rotatable bonds is 8. The Labute approximate surface area is 189 Å². The number of thiazole rings is 1. The quantitative estimate of drug-likeness (QED) is 0.333. The minimum atomic E-state index is -0.267. The van der Waals surface area contributed by atoms with Gasteiger partial charge in [0.15, 0.2) is 0 Å². The van der Waals surface area contributed by atoms with Crippen LogP contribution in [0.2, 0.25) is 0 Å². The SMILES string of the molecule is COc1ccc(SCCCC(=O)N2CCC(Oc3nc4ccc(F)cc4s3)CC2)cc1. The summed E-state index contributed by atoms with van der Waals surface area (Å²) >= 11 is 3.12. The van der Waals surface area contributed by atoms with Gasteiger partial charge in [0.25, 0.3) is 5.19 Å². The molecule has 0 atom stereocenters. The number of hydrogen-bond donors (Lipinski definition) is 0. The number of hydrogen-bond acceptors (Lipinski definition) is 6. The maximum atomic E-state index is 13.3. The highest BCUT2D eigenvalue weighted by atomic mass is 32.2. The van der Waals surface area contributed by atoms with Crippen molar-refractivity contribution in [3.8, 4) is 10.9 Å². The Morgan fingerprint density at radius 3 is 2.74 bits per heavy atom. The molecule has 4 rings (SSSR count). The van der Waals surface area contributed by atoms with Crippen LogP contribution in [-0.4, -0.2) is 47.8 Å². The lowest BCUT2D eigenvalue weighted by molar-refractivity contribution is -0.133. The van der Waals surface area contributed by atoms with Crippen molar-refractivity contribution in [2.24, 2.45) is 0 Å². The Hall–Kier alpha value is -2.32. The number of likely N-dealkylation sites (tertiary alicyclic amines) is 1. The lowest BCUT2D eigenvalue weighted by Crippen LogP contribution is -2.41. The van der Waals surface area contributed by atoms with Crippen molar-refractivity contribution in [3.05, 3.63) is 48.3 Å². The molecule has 1 aliphatic heterocycles. The van der Waals surface area contributed by atoms with E-state index >= 15 is 0 Å². The second-order valence-corrected chi connectivity index (χ2v) is 9.58. The first-order valence-electron chi connectivity index (χ1n) is 10.4. The fourth-order valence-corrected chi connectivity index (χ4v) is 5.30. The molecule has 1 saturated heterocycles. The average molecular weight is 461 g/mol. The molecule has 0 N–H and O–H groups in total. The molecule has 0 bridgehead atoms. The van der Waals surface area contributed by atoms with Gasteiger partial charge in [0.1, 0.15) is 17.7 Å². The minimum absolute atomic E-state index is 0.0417. The van der Waals surface area contributed by atoms with Crippen molar-refractivity contribution in [2.75, 3.05) is 26.0 Å². The maximum Gasteiger partial charge on any atom is 0.274 e. The van der Waals surface area contributed by atoms with Crippen LogP contribution in [0.15, 0.2) is 47.4 Å². The van der Waals surface area contributed by atoms with E-state index in [-0.39, 0.29) is 17.8 Å². The maximum absolute atomic E-state index is 13.3. The van der Waals surface area contributed by atoms with Gasteiger partial charge in [-0.2, -0.15) is 0 Å². The van der Waals surface area contributed by atoms with Crippen LogP contribution < -0.4 is 9.47 Å². The number of thioether (sulfide) groups is 1. The first-order valence-corrected chi connectivity index (χ1v) is 12.2. The number of fused-ring (bicyclic) bond motifs is 1. The highest BCUT2D eigenvalue weighted by Gasteiger charge is 2.24. The van der Waals surface area contributed by atoms with Crippen molar-refractivity contribution in [1.29, 1.82) is 0 Å². The number of carbonyl (C=O) groups is 1. The molecule has 0 unspecified atom stereocenters. The van der Waals surface area contributed by atoms with Crippen LogP contribution in [0.25, 0.3) is 10.2 Å². The lowest BCUT2D eigenvalue weighted by atomic mass is 10.1. The fraction of sp³-hybridized carbons (Fsp3) is 0.391. The van der Waals surface area contributed by atoms with Crippen LogP contribution in [-0.2, 0) is 4.79 Å². The first-order chi connectivity index (χ1) is 15.1. The molecule has 0 aliphatic carbocycles. The van der Waals surface area contributed by atoms with Gasteiger partial charge >= 0.3 is 0 Å². The van der Waals surface area contributed by atoms with Gasteiger partial charge in [0, 0.05) is 37.2 Å². The molecule has 31 heavy (non-hydrogen) atoms. The minimum Gasteiger partial charge on any atom is -0.497 e. The van der Waals surface area contributed by atoms with E-state index in [1.165, 1.54) is 28.4 Å². The molecule has 1 aliphatic rings. The van der Waals surface area contributed by atoms with Crippen LogP contribution in [0.5, 0.6) is 10.9 Å². The van der Waals surface area contributed by atoms with E-state index in [1.807, 2.05) is 29.2 Å². The first kappa shape index (κ1) is 21.9. The third-order valence-electron chi connectivity index (χ3n) is 5.26. The third kappa shape index (κ3) is 5.89. The van der Waals surface area contributed by atoms with Crippen molar-refractivity contribution >= 4 is 39.2 Å². The van der Waals surface area contributed by atoms with E-state index in [2.05, 4.69) is 4.98 Å². The zero-order valence-corrected chi connectivity index (χ0v) is 19.0. The molecular weight excluding hydrogens is 435 g/mol. The van der Waals surface area contributed by atoms with E-state index in [1.54, 1.807) is 24.9 Å². The number of carbonyl (C=O) groups excluding carboxylic acids is 1. The Morgan fingerprint density at radius 2 is 2.00 bits per heavy atom. The Bertz CT molecular complexity index is 1020. The van der Waals surface area contributed by atoms with Gasteiger partial charge in [-0.05, 0) is 54.6 Å². The van der Waals surface area contributed by atoms with E-state index in [0.717, 1.165) is 41.0 Å². The standard InChI is InChI=1S/C23H25FN2O3S2/c1-28-17-5-7-19(8-6-17)30-14-2-3-22(27)26-12-10-18(11-13-26)29-23-25-20-9-4-16(24)15-21(20)31-23/h4-9,15,18H,2-3,10-14H2,1H3. The van der Waals surface area contributed by atoms with E-state index in [0.29, 0.717) is 24.7 Å². The smallest absolute Gasteiger partial charge is 0.274 e. The predicted octanol–water partition coefficient (Wildman–Crippen LogP) is 5.39. The molecule has 1 fully saturated rings. The summed E-state index contributed by atoms with van der Waals surface area (Å²) in [6.07, 6.45) is 3.04. The van der Waals surface area contributed by atoms with Gasteiger partial charge in [0.05, 0.1) is 17.3 Å². The van der Waals surface area contributed by atoms with Gasteiger partial charge in [0.2, 0.25) is 5.91 Å². The highest BCUT2D eigenvalue weighted by molar-refractivity contribution is 7.99. The number of benzene rings is 2. The molecule has 0 radical (unpaired) electrons. The topological polar surface area (TPSA) is 51.7 Å².